The predicted molar refractivity (Wildman–Crippen MR) is 83.7 cm³/mol. The van der Waals surface area contributed by atoms with Gasteiger partial charge in [-0.3, -0.25) is 9.69 Å². The fraction of sp³-hybridized carbons (Fsp3) is 0.562. The van der Waals surface area contributed by atoms with E-state index >= 15 is 0 Å². The van der Waals surface area contributed by atoms with Crippen LogP contribution in [0.25, 0.3) is 0 Å². The second-order valence-electron chi connectivity index (χ2n) is 5.80. The van der Waals surface area contributed by atoms with Gasteiger partial charge in [-0.05, 0) is 49.4 Å². The molecule has 1 atom stereocenters. The molecular weight excluding hydrogens is 250 g/mol. The van der Waals surface area contributed by atoms with Gasteiger partial charge in [-0.25, -0.2) is 0 Å². The van der Waals surface area contributed by atoms with Crippen LogP contribution < -0.4 is 11.1 Å². The number of nitrogens with two attached hydrogens (primary N) is 1. The molecule has 1 heterocycles. The maximum Gasteiger partial charge on any atom is 0.238 e. The summed E-state index contributed by atoms with van der Waals surface area (Å²) in [6.07, 6.45) is 3.37. The van der Waals surface area contributed by atoms with E-state index in [2.05, 4.69) is 24.1 Å². The molecule has 0 radical (unpaired) electrons. The van der Waals surface area contributed by atoms with Crippen molar-refractivity contribution in [2.45, 2.75) is 33.1 Å². The van der Waals surface area contributed by atoms with Crippen molar-refractivity contribution in [3.63, 3.8) is 0 Å². The smallest absolute Gasteiger partial charge is 0.238 e. The molecule has 1 aromatic rings. The molecule has 0 aromatic heterocycles. The highest BCUT2D eigenvalue weighted by Gasteiger charge is 2.18. The molecule has 0 bridgehead atoms. The second kappa shape index (κ2) is 6.75. The summed E-state index contributed by atoms with van der Waals surface area (Å²) in [7, 11) is 0. The van der Waals surface area contributed by atoms with Gasteiger partial charge >= 0.3 is 0 Å². The molecule has 1 unspecified atom stereocenters. The first-order valence-corrected chi connectivity index (χ1v) is 7.49. The zero-order valence-electron chi connectivity index (χ0n) is 12.5. The Kier molecular flexibility index (Phi) is 5.01. The molecule has 3 N–H and O–H groups in total. The third-order valence-electron chi connectivity index (χ3n) is 3.92. The highest BCUT2D eigenvalue weighted by molar-refractivity contribution is 5.92. The highest BCUT2D eigenvalue weighted by atomic mass is 16.2. The summed E-state index contributed by atoms with van der Waals surface area (Å²) in [6.45, 7) is 6.83. The van der Waals surface area contributed by atoms with Gasteiger partial charge in [0.15, 0.2) is 0 Å². The standard InChI is InChI=1S/C16H25N3O/c1-3-13-6-7-14(9-15(13)17)18-16(20)11-19-8-4-5-12(2)10-19/h6-7,9,12H,3-5,8,10-11,17H2,1-2H3,(H,18,20). The van der Waals surface area contributed by atoms with Crippen LogP contribution in [0.3, 0.4) is 0 Å². The van der Waals surface area contributed by atoms with Gasteiger partial charge in [0.25, 0.3) is 0 Å². The molecule has 1 fully saturated rings. The summed E-state index contributed by atoms with van der Waals surface area (Å²) < 4.78 is 0. The Morgan fingerprint density at radius 1 is 1.50 bits per heavy atom. The number of nitrogens with zero attached hydrogens (tertiary/aromatic N) is 1. The molecule has 0 spiro atoms. The van der Waals surface area contributed by atoms with Crippen LogP contribution in [0.2, 0.25) is 0 Å². The van der Waals surface area contributed by atoms with E-state index in [-0.39, 0.29) is 5.91 Å². The summed E-state index contributed by atoms with van der Waals surface area (Å²) in [6, 6.07) is 5.75. The van der Waals surface area contributed by atoms with Crippen LogP contribution in [0.15, 0.2) is 18.2 Å². The summed E-state index contributed by atoms with van der Waals surface area (Å²) in [4.78, 5) is 14.3. The number of piperidine rings is 1. The maximum atomic E-state index is 12.1. The molecule has 110 valence electrons. The van der Waals surface area contributed by atoms with E-state index in [1.54, 1.807) is 0 Å². The Bertz CT molecular complexity index is 473. The van der Waals surface area contributed by atoms with Crippen molar-refractivity contribution in [3.05, 3.63) is 23.8 Å². The lowest BCUT2D eigenvalue weighted by molar-refractivity contribution is -0.117. The Hall–Kier alpha value is -1.55. The fourth-order valence-corrected chi connectivity index (χ4v) is 2.83. The third kappa shape index (κ3) is 3.97. The largest absolute Gasteiger partial charge is 0.398 e. The number of hydrogen-bond donors (Lipinski definition) is 2. The van der Waals surface area contributed by atoms with E-state index in [9.17, 15) is 4.79 Å². The molecule has 1 aliphatic rings. The molecule has 1 amide bonds. The Morgan fingerprint density at radius 3 is 2.95 bits per heavy atom. The number of hydrogen-bond acceptors (Lipinski definition) is 3. The van der Waals surface area contributed by atoms with E-state index in [1.807, 2.05) is 18.2 Å². The molecule has 2 rings (SSSR count). The van der Waals surface area contributed by atoms with E-state index in [4.69, 9.17) is 5.73 Å². The number of nitrogens with one attached hydrogen (secondary N) is 1. The van der Waals surface area contributed by atoms with E-state index in [0.29, 0.717) is 12.5 Å². The predicted octanol–water partition coefficient (Wildman–Crippen LogP) is 2.50. The molecule has 0 aliphatic carbocycles. The molecule has 1 aromatic carbocycles. The second-order valence-corrected chi connectivity index (χ2v) is 5.80. The van der Waals surface area contributed by atoms with Gasteiger partial charge in [-0.2, -0.15) is 0 Å². The van der Waals surface area contributed by atoms with Gasteiger partial charge in [-0.1, -0.05) is 19.9 Å². The van der Waals surface area contributed by atoms with E-state index < -0.39 is 0 Å². The number of carbonyl (C=O) groups excluding carboxylic acids is 1. The first-order chi connectivity index (χ1) is 9.58. The summed E-state index contributed by atoms with van der Waals surface area (Å²) in [5.41, 5.74) is 8.60. The molecule has 1 saturated heterocycles. The lowest BCUT2D eigenvalue weighted by Gasteiger charge is -2.30. The van der Waals surface area contributed by atoms with Gasteiger partial charge in [0.2, 0.25) is 5.91 Å². The Labute approximate surface area is 121 Å². The molecular formula is C16H25N3O. The molecule has 4 heteroatoms. The van der Waals surface area contributed by atoms with E-state index in [1.165, 1.54) is 12.8 Å². The monoisotopic (exact) mass is 275 g/mol. The van der Waals surface area contributed by atoms with E-state index in [0.717, 1.165) is 36.4 Å². The van der Waals surface area contributed by atoms with Crippen LogP contribution in [0.4, 0.5) is 11.4 Å². The number of benzene rings is 1. The van der Waals surface area contributed by atoms with Crippen molar-refractivity contribution < 1.29 is 4.79 Å². The summed E-state index contributed by atoms with van der Waals surface area (Å²) in [5.74, 6) is 0.735. The number of anilines is 2. The Morgan fingerprint density at radius 2 is 2.30 bits per heavy atom. The maximum absolute atomic E-state index is 12.1. The minimum atomic E-state index is 0.0442. The first-order valence-electron chi connectivity index (χ1n) is 7.49. The van der Waals surface area contributed by atoms with Gasteiger partial charge in [0.1, 0.15) is 0 Å². The molecule has 20 heavy (non-hydrogen) atoms. The van der Waals surface area contributed by atoms with Crippen LogP contribution in [-0.2, 0) is 11.2 Å². The topological polar surface area (TPSA) is 58.4 Å². The van der Waals surface area contributed by atoms with Crippen LogP contribution in [0, 0.1) is 5.92 Å². The van der Waals surface area contributed by atoms with Crippen molar-refractivity contribution in [1.29, 1.82) is 0 Å². The van der Waals surface area contributed by atoms with Crippen molar-refractivity contribution in [2.75, 3.05) is 30.7 Å². The van der Waals surface area contributed by atoms with Crippen molar-refractivity contribution >= 4 is 17.3 Å². The van der Waals surface area contributed by atoms with Crippen LogP contribution >= 0.6 is 0 Å². The van der Waals surface area contributed by atoms with Crippen molar-refractivity contribution in [1.82, 2.24) is 4.90 Å². The number of nitrogen functional groups attached to an aromatic ring is 1. The van der Waals surface area contributed by atoms with Gasteiger partial charge in [0, 0.05) is 17.9 Å². The summed E-state index contributed by atoms with van der Waals surface area (Å²) in [5, 5.41) is 2.94. The SMILES string of the molecule is CCc1ccc(NC(=O)CN2CCCC(C)C2)cc1N. The quantitative estimate of drug-likeness (QED) is 0.830. The minimum absolute atomic E-state index is 0.0442. The highest BCUT2D eigenvalue weighted by Crippen LogP contribution is 2.19. The average molecular weight is 275 g/mol. The molecule has 0 saturated carbocycles. The molecule has 1 aliphatic heterocycles. The zero-order chi connectivity index (χ0) is 14.5. The number of likely N-dealkylation sites (tertiary alicyclic amines) is 1. The van der Waals surface area contributed by atoms with Crippen molar-refractivity contribution in [2.24, 2.45) is 5.92 Å². The van der Waals surface area contributed by atoms with Crippen LogP contribution in [0.1, 0.15) is 32.3 Å². The lowest BCUT2D eigenvalue weighted by atomic mass is 10.0. The summed E-state index contributed by atoms with van der Waals surface area (Å²) >= 11 is 0. The fourth-order valence-electron chi connectivity index (χ4n) is 2.83. The zero-order valence-corrected chi connectivity index (χ0v) is 12.5. The third-order valence-corrected chi connectivity index (χ3v) is 3.92. The minimum Gasteiger partial charge on any atom is -0.398 e. The van der Waals surface area contributed by atoms with Crippen LogP contribution in [0.5, 0.6) is 0 Å². The molecule has 4 nitrogen and oxygen atoms in total. The number of rotatable bonds is 4. The number of aryl methyl sites for hydroxylation is 1. The van der Waals surface area contributed by atoms with Crippen LogP contribution in [-0.4, -0.2) is 30.4 Å². The average Bonchev–Trinajstić information content (AvgIpc) is 2.38. The van der Waals surface area contributed by atoms with Gasteiger partial charge < -0.3 is 11.1 Å². The first kappa shape index (κ1) is 14.9. The number of amides is 1. The van der Waals surface area contributed by atoms with Gasteiger partial charge in [-0.15, -0.1) is 0 Å². The Balaban J connectivity index is 1.89. The number of carbonyl (C=O) groups is 1. The van der Waals surface area contributed by atoms with Crippen molar-refractivity contribution in [3.8, 4) is 0 Å². The van der Waals surface area contributed by atoms with Gasteiger partial charge in [0.05, 0.1) is 6.54 Å². The normalized spacial score (nSPS) is 19.8. The lowest BCUT2D eigenvalue weighted by Crippen LogP contribution is -2.39.